The van der Waals surface area contributed by atoms with E-state index >= 15 is 0 Å². The molecule has 0 radical (unpaired) electrons. The molecular weight excluding hydrogens is 356 g/mol. The maximum atomic E-state index is 12.0. The highest BCUT2D eigenvalue weighted by Crippen LogP contribution is 2.14. The number of rotatable bonds is 3. The van der Waals surface area contributed by atoms with Gasteiger partial charge in [0.2, 0.25) is 0 Å². The summed E-state index contributed by atoms with van der Waals surface area (Å²) in [5.74, 6) is 0. The van der Waals surface area contributed by atoms with Crippen LogP contribution in [0.4, 0.5) is 10.5 Å². The molecule has 0 saturated carbocycles. The van der Waals surface area contributed by atoms with E-state index in [0.29, 0.717) is 6.54 Å². The molecule has 0 bridgehead atoms. The normalized spacial score (nSPS) is 10.7. The largest absolute Gasteiger partial charge is 0.332 e. The Balaban J connectivity index is 1.62. The molecule has 2 heterocycles. The van der Waals surface area contributed by atoms with Crippen molar-refractivity contribution in [1.82, 2.24) is 14.7 Å². The van der Waals surface area contributed by atoms with Gasteiger partial charge in [-0.25, -0.2) is 9.78 Å². The molecule has 0 aliphatic rings. The van der Waals surface area contributed by atoms with Gasteiger partial charge in [0.05, 0.1) is 12.2 Å². The van der Waals surface area contributed by atoms with E-state index < -0.39 is 0 Å². The summed E-state index contributed by atoms with van der Waals surface area (Å²) in [5, 5.41) is 5.65. The van der Waals surface area contributed by atoms with Crippen LogP contribution in [0.15, 0.2) is 47.2 Å². The molecule has 2 N–H and O–H groups in total. The number of fused-ring (bicyclic) bond motifs is 1. The fourth-order valence-corrected chi connectivity index (χ4v) is 2.62. The summed E-state index contributed by atoms with van der Waals surface area (Å²) in [6.07, 6.45) is 3.83. The number of aromatic nitrogens is 2. The van der Waals surface area contributed by atoms with Gasteiger partial charge < -0.3 is 15.0 Å². The molecular formula is C17H17BrN4O. The van der Waals surface area contributed by atoms with Crippen LogP contribution in [0.1, 0.15) is 16.8 Å². The van der Waals surface area contributed by atoms with E-state index in [-0.39, 0.29) is 6.03 Å². The van der Waals surface area contributed by atoms with E-state index in [1.807, 2.05) is 61.0 Å². The molecule has 0 atom stereocenters. The summed E-state index contributed by atoms with van der Waals surface area (Å²) in [6, 6.07) is 9.45. The molecule has 0 saturated heterocycles. The van der Waals surface area contributed by atoms with E-state index in [2.05, 4.69) is 31.5 Å². The summed E-state index contributed by atoms with van der Waals surface area (Å²) in [7, 11) is 0. The van der Waals surface area contributed by atoms with Crippen LogP contribution >= 0.6 is 15.9 Å². The van der Waals surface area contributed by atoms with Gasteiger partial charge in [0, 0.05) is 22.6 Å². The van der Waals surface area contributed by atoms with Gasteiger partial charge in [-0.1, -0.05) is 6.07 Å². The lowest BCUT2D eigenvalue weighted by atomic mass is 10.1. The van der Waals surface area contributed by atoms with Crippen LogP contribution in [0.2, 0.25) is 0 Å². The minimum Gasteiger partial charge on any atom is -0.332 e. The predicted molar refractivity (Wildman–Crippen MR) is 94.7 cm³/mol. The molecule has 3 rings (SSSR count). The number of imidazole rings is 1. The molecule has 2 amide bonds. The van der Waals surface area contributed by atoms with Crippen molar-refractivity contribution in [1.29, 1.82) is 0 Å². The van der Waals surface area contributed by atoms with Crippen molar-refractivity contribution in [3.8, 4) is 0 Å². The Bertz CT molecular complexity index is 872. The number of amides is 2. The highest BCUT2D eigenvalue weighted by molar-refractivity contribution is 9.10. The third kappa shape index (κ3) is 3.71. The zero-order valence-corrected chi connectivity index (χ0v) is 14.5. The molecule has 0 fully saturated rings. The summed E-state index contributed by atoms with van der Waals surface area (Å²) < 4.78 is 2.90. The second-order valence-electron chi connectivity index (χ2n) is 5.45. The van der Waals surface area contributed by atoms with Gasteiger partial charge in [-0.3, -0.25) is 0 Å². The van der Waals surface area contributed by atoms with Crippen molar-refractivity contribution in [2.24, 2.45) is 0 Å². The third-order valence-electron chi connectivity index (χ3n) is 3.66. The average molecular weight is 373 g/mol. The first kappa shape index (κ1) is 15.6. The van der Waals surface area contributed by atoms with Crippen molar-refractivity contribution in [2.75, 3.05) is 5.32 Å². The zero-order valence-electron chi connectivity index (χ0n) is 12.9. The number of anilines is 1. The van der Waals surface area contributed by atoms with Crippen LogP contribution in [-0.2, 0) is 6.54 Å². The van der Waals surface area contributed by atoms with Crippen molar-refractivity contribution in [3.05, 3.63) is 64.0 Å². The fourth-order valence-electron chi connectivity index (χ4n) is 2.27. The van der Waals surface area contributed by atoms with Gasteiger partial charge >= 0.3 is 6.03 Å². The first-order valence-corrected chi connectivity index (χ1v) is 8.06. The highest BCUT2D eigenvalue weighted by atomic mass is 79.9. The van der Waals surface area contributed by atoms with Crippen LogP contribution in [-0.4, -0.2) is 15.4 Å². The van der Waals surface area contributed by atoms with Gasteiger partial charge in [0.25, 0.3) is 0 Å². The molecule has 1 aromatic carbocycles. The molecule has 23 heavy (non-hydrogen) atoms. The summed E-state index contributed by atoms with van der Waals surface area (Å²) in [6.45, 7) is 4.43. The molecule has 2 aromatic heterocycles. The Hall–Kier alpha value is -2.34. The lowest BCUT2D eigenvalue weighted by Crippen LogP contribution is -2.28. The Labute approximate surface area is 142 Å². The monoisotopic (exact) mass is 372 g/mol. The predicted octanol–water partition coefficient (Wildman–Crippen LogP) is 4.04. The number of nitrogens with zero attached hydrogens (tertiary/aromatic N) is 2. The van der Waals surface area contributed by atoms with E-state index in [4.69, 9.17) is 0 Å². The molecule has 0 spiro atoms. The summed E-state index contributed by atoms with van der Waals surface area (Å²) in [4.78, 5) is 16.4. The minimum absolute atomic E-state index is 0.244. The Morgan fingerprint density at radius 3 is 2.78 bits per heavy atom. The smallest absolute Gasteiger partial charge is 0.319 e. The number of carbonyl (C=O) groups is 1. The van der Waals surface area contributed by atoms with Crippen LogP contribution in [0, 0.1) is 13.8 Å². The molecule has 118 valence electrons. The van der Waals surface area contributed by atoms with Crippen molar-refractivity contribution < 1.29 is 4.79 Å². The van der Waals surface area contributed by atoms with Gasteiger partial charge in [-0.05, 0) is 65.2 Å². The number of urea groups is 1. The quantitative estimate of drug-likeness (QED) is 0.728. The number of nitrogens with one attached hydrogen (secondary N) is 2. The molecule has 5 nitrogen and oxygen atoms in total. The first-order chi connectivity index (χ1) is 11.0. The summed E-state index contributed by atoms with van der Waals surface area (Å²) >= 11 is 3.42. The van der Waals surface area contributed by atoms with Crippen molar-refractivity contribution >= 4 is 33.3 Å². The molecule has 6 heteroatoms. The maximum absolute atomic E-state index is 12.0. The van der Waals surface area contributed by atoms with E-state index in [1.165, 1.54) is 5.56 Å². The number of aryl methyl sites for hydroxylation is 2. The van der Waals surface area contributed by atoms with E-state index in [1.54, 1.807) is 0 Å². The first-order valence-electron chi connectivity index (χ1n) is 7.26. The minimum atomic E-state index is -0.244. The van der Waals surface area contributed by atoms with Gasteiger partial charge in [0.15, 0.2) is 0 Å². The molecule has 0 aliphatic carbocycles. The van der Waals surface area contributed by atoms with E-state index in [0.717, 1.165) is 27.1 Å². The van der Waals surface area contributed by atoms with Gasteiger partial charge in [-0.2, -0.15) is 0 Å². The van der Waals surface area contributed by atoms with Gasteiger partial charge in [-0.15, -0.1) is 0 Å². The number of benzene rings is 1. The lowest BCUT2D eigenvalue weighted by molar-refractivity contribution is 0.251. The molecule has 0 aliphatic heterocycles. The average Bonchev–Trinajstić information content (AvgIpc) is 2.91. The second kappa shape index (κ2) is 6.42. The van der Waals surface area contributed by atoms with Crippen molar-refractivity contribution in [2.45, 2.75) is 20.4 Å². The number of pyridine rings is 1. The number of carbonyl (C=O) groups excluding carboxylic acids is 1. The Morgan fingerprint density at radius 2 is 2.00 bits per heavy atom. The Morgan fingerprint density at radius 1 is 1.17 bits per heavy atom. The fraction of sp³-hybridized carbons (Fsp3) is 0.176. The number of halogens is 1. The molecule has 0 unspecified atom stereocenters. The van der Waals surface area contributed by atoms with Crippen LogP contribution in [0.3, 0.4) is 0 Å². The van der Waals surface area contributed by atoms with E-state index in [9.17, 15) is 4.79 Å². The standard InChI is InChI=1S/C17H17BrN4O/c1-11-3-5-14(7-12(11)2)21-17(23)19-8-15-10-22-9-13(18)4-6-16(22)20-15/h3-7,9-10H,8H2,1-2H3,(H2,19,21,23). The highest BCUT2D eigenvalue weighted by Gasteiger charge is 2.06. The van der Waals surface area contributed by atoms with Crippen LogP contribution in [0.5, 0.6) is 0 Å². The number of hydrogen-bond donors (Lipinski definition) is 2. The Kier molecular flexibility index (Phi) is 4.34. The third-order valence-corrected chi connectivity index (χ3v) is 4.13. The SMILES string of the molecule is Cc1ccc(NC(=O)NCc2cn3cc(Br)ccc3n2)cc1C. The van der Waals surface area contributed by atoms with Crippen LogP contribution < -0.4 is 10.6 Å². The number of hydrogen-bond acceptors (Lipinski definition) is 2. The topological polar surface area (TPSA) is 58.4 Å². The maximum Gasteiger partial charge on any atom is 0.319 e. The van der Waals surface area contributed by atoms with Gasteiger partial charge in [0.1, 0.15) is 5.65 Å². The zero-order chi connectivity index (χ0) is 16.4. The molecule has 3 aromatic rings. The summed E-state index contributed by atoms with van der Waals surface area (Å²) in [5.41, 5.74) is 4.78. The van der Waals surface area contributed by atoms with Crippen molar-refractivity contribution in [3.63, 3.8) is 0 Å². The van der Waals surface area contributed by atoms with Crippen LogP contribution in [0.25, 0.3) is 5.65 Å². The second-order valence-corrected chi connectivity index (χ2v) is 6.37. The lowest BCUT2D eigenvalue weighted by Gasteiger charge is -2.08.